The van der Waals surface area contributed by atoms with E-state index in [1.807, 2.05) is 115 Å². The van der Waals surface area contributed by atoms with Crippen LogP contribution in [0.5, 0.6) is 11.5 Å². The summed E-state index contributed by atoms with van der Waals surface area (Å²) in [6.07, 6.45) is 1.04. The minimum Gasteiger partial charge on any atom is -0.457 e. The summed E-state index contributed by atoms with van der Waals surface area (Å²) in [6, 6.07) is 40.2. The highest BCUT2D eigenvalue weighted by Crippen LogP contribution is 2.39. The van der Waals surface area contributed by atoms with Crippen LogP contribution in [0.4, 0.5) is 10.5 Å². The summed E-state index contributed by atoms with van der Waals surface area (Å²) in [7, 11) is 0. The number of nitrogens with one attached hydrogen (secondary N) is 2. The van der Waals surface area contributed by atoms with Gasteiger partial charge in [0.1, 0.15) is 16.7 Å². The average molecular weight is 736 g/mol. The van der Waals surface area contributed by atoms with Gasteiger partial charge in [0, 0.05) is 24.2 Å². The standard InChI is InChI=1S/C41H36Cl2N4O5/c42-38-39(43)47(26-45-38)24-35-22-37(29-12-10-27(25-48)11-13-29)52-40(51-35)30-16-14-28(15-17-30)36-9-5-4-6-31(36)23-44-41(49)46-32-18-20-34(21-19-32)50-33-7-2-1-3-8-33/h1-21,26,35,37,40,48H,22-25H2,(H2,44,46,49)/t35-,37+,40+/m1/s1. The van der Waals surface area contributed by atoms with Gasteiger partial charge in [-0.2, -0.15) is 0 Å². The van der Waals surface area contributed by atoms with Crippen molar-refractivity contribution in [1.82, 2.24) is 14.9 Å². The first-order valence-corrected chi connectivity index (χ1v) is 17.6. The van der Waals surface area contributed by atoms with Crippen molar-refractivity contribution in [1.29, 1.82) is 0 Å². The monoisotopic (exact) mass is 734 g/mol. The molecule has 0 spiro atoms. The lowest BCUT2D eigenvalue weighted by molar-refractivity contribution is -0.252. The van der Waals surface area contributed by atoms with E-state index in [9.17, 15) is 9.90 Å². The molecule has 2 amide bonds. The number of aliphatic hydroxyl groups is 1. The van der Waals surface area contributed by atoms with E-state index < -0.39 is 6.29 Å². The number of nitrogens with zero attached hydrogens (tertiary/aromatic N) is 2. The van der Waals surface area contributed by atoms with Crippen LogP contribution in [0.1, 0.15) is 41.1 Å². The Bertz CT molecular complexity index is 2090. The van der Waals surface area contributed by atoms with Crippen LogP contribution in [0, 0.1) is 0 Å². The molecule has 0 unspecified atom stereocenters. The summed E-state index contributed by atoms with van der Waals surface area (Å²) in [4.78, 5) is 17.0. The lowest BCUT2D eigenvalue weighted by Gasteiger charge is -2.36. The summed E-state index contributed by atoms with van der Waals surface area (Å²) in [5.74, 6) is 1.42. The molecule has 2 heterocycles. The molecule has 1 aromatic heterocycles. The third-order valence-electron chi connectivity index (χ3n) is 8.79. The first-order valence-electron chi connectivity index (χ1n) is 16.8. The summed E-state index contributed by atoms with van der Waals surface area (Å²) >= 11 is 12.5. The highest BCUT2D eigenvalue weighted by molar-refractivity contribution is 6.40. The van der Waals surface area contributed by atoms with Crippen LogP contribution in [-0.4, -0.2) is 26.8 Å². The Labute approximate surface area is 311 Å². The van der Waals surface area contributed by atoms with Crippen LogP contribution in [0.15, 0.2) is 134 Å². The van der Waals surface area contributed by atoms with E-state index in [0.29, 0.717) is 36.1 Å². The van der Waals surface area contributed by atoms with E-state index in [-0.39, 0.29) is 30.0 Å². The summed E-state index contributed by atoms with van der Waals surface area (Å²) in [5, 5.41) is 16.0. The molecule has 6 aromatic rings. The largest absolute Gasteiger partial charge is 0.457 e. The van der Waals surface area contributed by atoms with Crippen molar-refractivity contribution in [2.75, 3.05) is 5.32 Å². The van der Waals surface area contributed by atoms with Gasteiger partial charge in [0.2, 0.25) is 0 Å². The van der Waals surface area contributed by atoms with Crippen molar-refractivity contribution >= 4 is 34.9 Å². The summed E-state index contributed by atoms with van der Waals surface area (Å²) < 4.78 is 20.6. The van der Waals surface area contributed by atoms with Gasteiger partial charge in [-0.1, -0.05) is 114 Å². The second-order valence-electron chi connectivity index (χ2n) is 12.4. The number of hydrogen-bond donors (Lipinski definition) is 3. The number of carbonyl (C=O) groups is 1. The fourth-order valence-electron chi connectivity index (χ4n) is 6.08. The number of carbonyl (C=O) groups excluding carboxylic acids is 1. The highest BCUT2D eigenvalue weighted by atomic mass is 35.5. The number of benzene rings is 5. The molecular weight excluding hydrogens is 699 g/mol. The van der Waals surface area contributed by atoms with Crippen LogP contribution >= 0.6 is 23.2 Å². The van der Waals surface area contributed by atoms with Gasteiger partial charge < -0.3 is 34.5 Å². The van der Waals surface area contributed by atoms with Crippen molar-refractivity contribution in [2.45, 2.75) is 44.6 Å². The number of para-hydroxylation sites is 1. The number of amides is 2. The van der Waals surface area contributed by atoms with Crippen molar-refractivity contribution in [2.24, 2.45) is 0 Å². The number of ether oxygens (including phenoxy) is 3. The Morgan fingerprint density at radius 2 is 1.52 bits per heavy atom. The third kappa shape index (κ3) is 8.65. The van der Waals surface area contributed by atoms with Gasteiger partial charge in [-0.3, -0.25) is 0 Å². The molecule has 1 saturated heterocycles. The van der Waals surface area contributed by atoms with Crippen LogP contribution in [-0.2, 0) is 29.2 Å². The number of hydrogen-bond acceptors (Lipinski definition) is 6. The Hall–Kier alpha value is -5.16. The summed E-state index contributed by atoms with van der Waals surface area (Å²) in [5.41, 5.74) is 6.27. The maximum Gasteiger partial charge on any atom is 0.319 e. The molecular formula is C41H36Cl2N4O5. The average Bonchev–Trinajstić information content (AvgIpc) is 3.50. The van der Waals surface area contributed by atoms with E-state index >= 15 is 0 Å². The Morgan fingerprint density at radius 1 is 0.827 bits per heavy atom. The third-order valence-corrected chi connectivity index (χ3v) is 9.56. The smallest absolute Gasteiger partial charge is 0.319 e. The molecule has 0 radical (unpaired) electrons. The minimum atomic E-state index is -0.646. The highest BCUT2D eigenvalue weighted by Gasteiger charge is 2.33. The molecule has 52 heavy (non-hydrogen) atoms. The van der Waals surface area contributed by atoms with Crippen LogP contribution < -0.4 is 15.4 Å². The van der Waals surface area contributed by atoms with Crippen LogP contribution in [0.3, 0.4) is 0 Å². The van der Waals surface area contributed by atoms with Gasteiger partial charge in [-0.25, -0.2) is 9.78 Å². The number of aliphatic hydroxyl groups excluding tert-OH is 1. The normalized spacial score (nSPS) is 17.0. The van der Waals surface area contributed by atoms with Crippen molar-refractivity contribution in [3.63, 3.8) is 0 Å². The number of imidazole rings is 1. The maximum absolute atomic E-state index is 12.8. The SMILES string of the molecule is O=C(NCc1ccccc1-c1ccc([C@H]2O[C@@H](Cn3cnc(Cl)c3Cl)C[C@@H](c3ccc(CO)cc3)O2)cc1)Nc1ccc(Oc2ccccc2)cc1. The lowest BCUT2D eigenvalue weighted by atomic mass is 9.97. The number of urea groups is 1. The molecule has 0 bridgehead atoms. The number of anilines is 1. The Balaban J connectivity index is 1.01. The minimum absolute atomic E-state index is 0.0285. The second-order valence-corrected chi connectivity index (χ2v) is 13.1. The predicted molar refractivity (Wildman–Crippen MR) is 201 cm³/mol. The molecule has 264 valence electrons. The molecule has 9 nitrogen and oxygen atoms in total. The van der Waals surface area contributed by atoms with Gasteiger partial charge in [0.25, 0.3) is 0 Å². The molecule has 0 aliphatic carbocycles. The van der Waals surface area contributed by atoms with Gasteiger partial charge >= 0.3 is 6.03 Å². The topological polar surface area (TPSA) is 107 Å². The van der Waals surface area contributed by atoms with Gasteiger partial charge in [-0.05, 0) is 64.2 Å². The maximum atomic E-state index is 12.8. The van der Waals surface area contributed by atoms with E-state index in [1.165, 1.54) is 0 Å². The van der Waals surface area contributed by atoms with Gasteiger partial charge in [0.15, 0.2) is 11.4 Å². The van der Waals surface area contributed by atoms with Crippen LogP contribution in [0.25, 0.3) is 11.1 Å². The molecule has 1 aliphatic heterocycles. The fraction of sp³-hybridized carbons (Fsp3) is 0.171. The fourth-order valence-corrected chi connectivity index (χ4v) is 6.39. The van der Waals surface area contributed by atoms with Crippen molar-refractivity contribution in [3.05, 3.63) is 166 Å². The Kier molecular flexibility index (Phi) is 11.2. The quantitative estimate of drug-likeness (QED) is 0.122. The van der Waals surface area contributed by atoms with Gasteiger partial charge in [0.05, 0.1) is 31.7 Å². The van der Waals surface area contributed by atoms with E-state index in [1.54, 1.807) is 23.0 Å². The second kappa shape index (κ2) is 16.5. The molecule has 11 heteroatoms. The van der Waals surface area contributed by atoms with Crippen LogP contribution in [0.2, 0.25) is 10.3 Å². The zero-order chi connectivity index (χ0) is 35.9. The van der Waals surface area contributed by atoms with Crippen molar-refractivity contribution < 1.29 is 24.1 Å². The molecule has 5 aromatic carbocycles. The molecule has 0 saturated carbocycles. The van der Waals surface area contributed by atoms with Crippen molar-refractivity contribution in [3.8, 4) is 22.6 Å². The lowest BCUT2D eigenvalue weighted by Crippen LogP contribution is -2.32. The summed E-state index contributed by atoms with van der Waals surface area (Å²) in [6.45, 7) is 0.746. The molecule has 1 aliphatic rings. The van der Waals surface area contributed by atoms with E-state index in [4.69, 9.17) is 37.4 Å². The number of halogens is 2. The zero-order valence-corrected chi connectivity index (χ0v) is 29.5. The molecule has 3 N–H and O–H groups in total. The number of rotatable bonds is 11. The van der Waals surface area contributed by atoms with E-state index in [2.05, 4.69) is 15.6 Å². The zero-order valence-electron chi connectivity index (χ0n) is 28.0. The Morgan fingerprint density at radius 3 is 2.23 bits per heavy atom. The molecule has 7 rings (SSSR count). The first-order chi connectivity index (χ1) is 25.4. The van der Waals surface area contributed by atoms with Gasteiger partial charge in [-0.15, -0.1) is 0 Å². The van der Waals surface area contributed by atoms with E-state index in [0.717, 1.165) is 39.1 Å². The predicted octanol–water partition coefficient (Wildman–Crippen LogP) is 9.71. The molecule has 3 atom stereocenters. The molecule has 1 fully saturated rings. The number of aromatic nitrogens is 2. The first kappa shape index (κ1) is 35.3.